The van der Waals surface area contributed by atoms with Gasteiger partial charge in [0.05, 0.1) is 13.2 Å². The molecular weight excluding hydrogens is 296 g/mol. The minimum Gasteiger partial charge on any atom is -0.399 e. The SMILES string of the molecule is Cl.Nc1cccc(CN2CCOCC2Cc2ccccc2)c1. The second-order valence-corrected chi connectivity index (χ2v) is 5.63. The first-order chi connectivity index (χ1) is 10.3. The summed E-state index contributed by atoms with van der Waals surface area (Å²) in [5.41, 5.74) is 9.35. The smallest absolute Gasteiger partial charge is 0.0625 e. The Morgan fingerprint density at radius 3 is 2.59 bits per heavy atom. The van der Waals surface area contributed by atoms with Crippen molar-refractivity contribution in [3.8, 4) is 0 Å². The molecule has 0 spiro atoms. The molecule has 2 aromatic carbocycles. The van der Waals surface area contributed by atoms with E-state index in [0.717, 1.165) is 38.4 Å². The van der Waals surface area contributed by atoms with Crippen LogP contribution in [0.3, 0.4) is 0 Å². The molecule has 0 amide bonds. The van der Waals surface area contributed by atoms with Gasteiger partial charge in [-0.2, -0.15) is 0 Å². The van der Waals surface area contributed by atoms with E-state index in [4.69, 9.17) is 10.5 Å². The average Bonchev–Trinajstić information content (AvgIpc) is 2.50. The Labute approximate surface area is 138 Å². The summed E-state index contributed by atoms with van der Waals surface area (Å²) < 4.78 is 5.68. The Balaban J connectivity index is 0.00000176. The number of ether oxygens (including phenoxy) is 1. The monoisotopic (exact) mass is 318 g/mol. The van der Waals surface area contributed by atoms with Gasteiger partial charge >= 0.3 is 0 Å². The molecular formula is C18H23ClN2O. The number of halogens is 1. The highest BCUT2D eigenvalue weighted by molar-refractivity contribution is 5.85. The summed E-state index contributed by atoms with van der Waals surface area (Å²) in [6.07, 6.45) is 1.03. The largest absolute Gasteiger partial charge is 0.399 e. The average molecular weight is 319 g/mol. The van der Waals surface area contributed by atoms with Crippen LogP contribution in [-0.2, 0) is 17.7 Å². The van der Waals surface area contributed by atoms with Crippen molar-refractivity contribution in [2.24, 2.45) is 0 Å². The Morgan fingerprint density at radius 1 is 1.05 bits per heavy atom. The van der Waals surface area contributed by atoms with Crippen LogP contribution in [-0.4, -0.2) is 30.7 Å². The molecule has 0 radical (unpaired) electrons. The van der Waals surface area contributed by atoms with E-state index >= 15 is 0 Å². The minimum atomic E-state index is 0. The lowest BCUT2D eigenvalue weighted by Crippen LogP contribution is -2.46. The van der Waals surface area contributed by atoms with Crippen molar-refractivity contribution >= 4 is 18.1 Å². The standard InChI is InChI=1S/C18H22N2O.ClH/c19-17-8-4-7-16(11-17)13-20-9-10-21-14-18(20)12-15-5-2-1-3-6-15;/h1-8,11,18H,9-10,12-14,19H2;1H. The van der Waals surface area contributed by atoms with Crippen LogP contribution in [0.15, 0.2) is 54.6 Å². The molecule has 1 heterocycles. The van der Waals surface area contributed by atoms with Crippen LogP contribution in [0.25, 0.3) is 0 Å². The van der Waals surface area contributed by atoms with E-state index in [2.05, 4.69) is 47.4 Å². The predicted octanol–water partition coefficient (Wildman–Crippen LogP) is 3.13. The molecule has 2 aromatic rings. The molecule has 118 valence electrons. The Hall–Kier alpha value is -1.55. The topological polar surface area (TPSA) is 38.5 Å². The van der Waals surface area contributed by atoms with Crippen LogP contribution in [0, 0.1) is 0 Å². The third-order valence-electron chi connectivity index (χ3n) is 4.00. The first-order valence-electron chi connectivity index (χ1n) is 7.51. The van der Waals surface area contributed by atoms with E-state index < -0.39 is 0 Å². The third-order valence-corrected chi connectivity index (χ3v) is 4.00. The molecule has 0 aliphatic carbocycles. The van der Waals surface area contributed by atoms with Gasteiger partial charge in [-0.15, -0.1) is 12.4 Å². The van der Waals surface area contributed by atoms with E-state index in [9.17, 15) is 0 Å². The zero-order chi connectivity index (χ0) is 14.5. The summed E-state index contributed by atoms with van der Waals surface area (Å²) in [6, 6.07) is 19.2. The zero-order valence-electron chi connectivity index (χ0n) is 12.7. The number of hydrogen-bond donors (Lipinski definition) is 1. The number of morpholine rings is 1. The van der Waals surface area contributed by atoms with Crippen molar-refractivity contribution in [1.82, 2.24) is 4.90 Å². The number of nitrogen functional groups attached to an aromatic ring is 1. The fourth-order valence-electron chi connectivity index (χ4n) is 2.90. The van der Waals surface area contributed by atoms with Gasteiger partial charge in [-0.1, -0.05) is 42.5 Å². The Bertz CT molecular complexity index is 576. The molecule has 0 saturated carbocycles. The van der Waals surface area contributed by atoms with Crippen LogP contribution in [0.1, 0.15) is 11.1 Å². The summed E-state index contributed by atoms with van der Waals surface area (Å²) in [5, 5.41) is 0. The van der Waals surface area contributed by atoms with Crippen molar-refractivity contribution in [2.45, 2.75) is 19.0 Å². The number of benzene rings is 2. The Kier molecular flexibility index (Phi) is 6.25. The van der Waals surface area contributed by atoms with Crippen LogP contribution in [0.2, 0.25) is 0 Å². The van der Waals surface area contributed by atoms with E-state index in [0.29, 0.717) is 6.04 Å². The normalized spacial score (nSPS) is 18.6. The van der Waals surface area contributed by atoms with Gasteiger partial charge in [-0.25, -0.2) is 0 Å². The van der Waals surface area contributed by atoms with E-state index in [1.165, 1.54) is 11.1 Å². The van der Waals surface area contributed by atoms with Gasteiger partial charge in [0.1, 0.15) is 0 Å². The summed E-state index contributed by atoms with van der Waals surface area (Å²) in [5.74, 6) is 0. The molecule has 1 atom stereocenters. The Morgan fingerprint density at radius 2 is 1.82 bits per heavy atom. The fraction of sp³-hybridized carbons (Fsp3) is 0.333. The first-order valence-corrected chi connectivity index (χ1v) is 7.51. The molecule has 4 heteroatoms. The number of nitrogens with zero attached hydrogens (tertiary/aromatic N) is 1. The van der Waals surface area contributed by atoms with Crippen molar-refractivity contribution in [3.05, 3.63) is 65.7 Å². The van der Waals surface area contributed by atoms with Crippen LogP contribution >= 0.6 is 12.4 Å². The maximum Gasteiger partial charge on any atom is 0.0625 e. The number of anilines is 1. The molecule has 0 aromatic heterocycles. The molecule has 1 aliphatic rings. The number of nitrogens with two attached hydrogens (primary N) is 1. The van der Waals surface area contributed by atoms with Gasteiger partial charge in [0.25, 0.3) is 0 Å². The van der Waals surface area contributed by atoms with E-state index in [1.54, 1.807) is 0 Å². The van der Waals surface area contributed by atoms with Gasteiger partial charge < -0.3 is 10.5 Å². The highest BCUT2D eigenvalue weighted by Gasteiger charge is 2.23. The number of rotatable bonds is 4. The second kappa shape index (κ2) is 8.18. The van der Waals surface area contributed by atoms with Crippen LogP contribution < -0.4 is 5.73 Å². The minimum absolute atomic E-state index is 0. The molecule has 2 N–H and O–H groups in total. The van der Waals surface area contributed by atoms with Crippen LogP contribution in [0.4, 0.5) is 5.69 Å². The molecule has 1 aliphatic heterocycles. The highest BCUT2D eigenvalue weighted by Crippen LogP contribution is 2.17. The highest BCUT2D eigenvalue weighted by atomic mass is 35.5. The summed E-state index contributed by atoms with van der Waals surface area (Å²) in [4.78, 5) is 2.51. The van der Waals surface area contributed by atoms with Crippen molar-refractivity contribution in [1.29, 1.82) is 0 Å². The van der Waals surface area contributed by atoms with Crippen molar-refractivity contribution in [3.63, 3.8) is 0 Å². The lowest BCUT2D eigenvalue weighted by Gasteiger charge is -2.35. The van der Waals surface area contributed by atoms with Gasteiger partial charge in [0.2, 0.25) is 0 Å². The maximum atomic E-state index is 5.88. The lowest BCUT2D eigenvalue weighted by atomic mass is 10.0. The van der Waals surface area contributed by atoms with E-state index in [1.807, 2.05) is 12.1 Å². The van der Waals surface area contributed by atoms with Crippen molar-refractivity contribution < 1.29 is 4.74 Å². The maximum absolute atomic E-state index is 5.88. The molecule has 1 fully saturated rings. The van der Waals surface area contributed by atoms with Gasteiger partial charge in [-0.3, -0.25) is 4.90 Å². The molecule has 3 rings (SSSR count). The quantitative estimate of drug-likeness (QED) is 0.880. The fourth-order valence-corrected chi connectivity index (χ4v) is 2.90. The summed E-state index contributed by atoms with van der Waals surface area (Å²) in [6.45, 7) is 3.53. The first kappa shape index (κ1) is 16.8. The predicted molar refractivity (Wildman–Crippen MR) is 93.3 cm³/mol. The molecule has 3 nitrogen and oxygen atoms in total. The van der Waals surface area contributed by atoms with Gasteiger partial charge in [0.15, 0.2) is 0 Å². The van der Waals surface area contributed by atoms with E-state index in [-0.39, 0.29) is 12.4 Å². The van der Waals surface area contributed by atoms with Crippen LogP contribution in [0.5, 0.6) is 0 Å². The molecule has 22 heavy (non-hydrogen) atoms. The van der Waals surface area contributed by atoms with Gasteiger partial charge in [-0.05, 0) is 29.7 Å². The summed E-state index contributed by atoms with van der Waals surface area (Å²) >= 11 is 0. The van der Waals surface area contributed by atoms with Gasteiger partial charge in [0, 0.05) is 24.8 Å². The second-order valence-electron chi connectivity index (χ2n) is 5.63. The third kappa shape index (κ3) is 4.47. The summed E-state index contributed by atoms with van der Waals surface area (Å²) in [7, 11) is 0. The molecule has 1 unspecified atom stereocenters. The lowest BCUT2D eigenvalue weighted by molar-refractivity contribution is -0.0112. The molecule has 0 bridgehead atoms. The zero-order valence-corrected chi connectivity index (χ0v) is 13.5. The molecule has 1 saturated heterocycles. The number of hydrogen-bond acceptors (Lipinski definition) is 3. The van der Waals surface area contributed by atoms with Crippen molar-refractivity contribution in [2.75, 3.05) is 25.5 Å².